The van der Waals surface area contributed by atoms with Gasteiger partial charge in [0.2, 0.25) is 5.91 Å². The summed E-state index contributed by atoms with van der Waals surface area (Å²) in [5, 5.41) is 12.4. The van der Waals surface area contributed by atoms with Gasteiger partial charge >= 0.3 is 7.48 Å². The number of likely N-dealkylation sites (tertiary alicyclic amines) is 1. The molecule has 186 valence electrons. The van der Waals surface area contributed by atoms with Crippen LogP contribution >= 0.6 is 23.1 Å². The fraction of sp³-hybridized carbons (Fsp3) is 0.333. The molecule has 0 unspecified atom stereocenters. The van der Waals surface area contributed by atoms with E-state index >= 15 is 0 Å². The third-order valence-electron chi connectivity index (χ3n) is 7.18. The zero-order valence-electron chi connectivity index (χ0n) is 20.5. The molecule has 0 radical (unpaired) electrons. The Bertz CT molecular complexity index is 1300. The number of rotatable bonds is 6. The average molecular weight is 520 g/mol. The zero-order chi connectivity index (χ0) is 25.3. The Morgan fingerprint density at radius 1 is 1.19 bits per heavy atom. The van der Waals surface area contributed by atoms with Gasteiger partial charge in [0.15, 0.2) is 0 Å². The molecule has 5 rings (SSSR count). The van der Waals surface area contributed by atoms with E-state index in [1.54, 1.807) is 23.1 Å². The minimum Gasteiger partial charge on any atom is -0.492 e. The molecule has 3 aromatic rings. The van der Waals surface area contributed by atoms with Crippen LogP contribution in [0.5, 0.6) is 5.75 Å². The third-order valence-corrected chi connectivity index (χ3v) is 9.44. The van der Waals surface area contributed by atoms with Gasteiger partial charge in [-0.25, -0.2) is 0 Å². The molecule has 1 spiro atoms. The Balaban J connectivity index is 1.32. The second-order valence-corrected chi connectivity index (χ2v) is 11.6. The van der Waals surface area contributed by atoms with E-state index in [-0.39, 0.29) is 24.7 Å². The third kappa shape index (κ3) is 4.79. The first kappa shape index (κ1) is 24.9. The molecular formula is C27H29BN2O4S2. The first-order chi connectivity index (χ1) is 17.4. The van der Waals surface area contributed by atoms with Crippen LogP contribution in [-0.4, -0.2) is 55.2 Å². The Morgan fingerprint density at radius 2 is 2.00 bits per heavy atom. The Morgan fingerprint density at radius 3 is 2.72 bits per heavy atom. The lowest BCUT2D eigenvalue weighted by atomic mass is 9.74. The number of benzene rings is 2. The van der Waals surface area contributed by atoms with Crippen LogP contribution in [0.15, 0.2) is 52.7 Å². The van der Waals surface area contributed by atoms with Crippen molar-refractivity contribution in [1.82, 2.24) is 10.2 Å². The van der Waals surface area contributed by atoms with Crippen molar-refractivity contribution in [3.63, 3.8) is 0 Å². The van der Waals surface area contributed by atoms with Gasteiger partial charge in [-0.1, -0.05) is 35.8 Å². The first-order valence-electron chi connectivity index (χ1n) is 12.1. The Labute approximate surface area is 220 Å². The molecule has 1 saturated heterocycles. The number of hydrogen-bond acceptors (Lipinski definition) is 6. The molecular weight excluding hydrogens is 491 g/mol. The summed E-state index contributed by atoms with van der Waals surface area (Å²) in [6, 6.07) is 16.0. The van der Waals surface area contributed by atoms with Crippen LogP contribution in [0.1, 0.15) is 40.6 Å². The quantitative estimate of drug-likeness (QED) is 0.385. The molecule has 0 atom stereocenters. The fourth-order valence-electron chi connectivity index (χ4n) is 5.12. The van der Waals surface area contributed by atoms with E-state index < -0.39 is 0 Å². The molecule has 2 aromatic carbocycles. The molecule has 6 nitrogen and oxygen atoms in total. The summed E-state index contributed by atoms with van der Waals surface area (Å²) in [6.07, 6.45) is 3.73. The van der Waals surface area contributed by atoms with Gasteiger partial charge in [-0.3, -0.25) is 9.59 Å². The van der Waals surface area contributed by atoms with Gasteiger partial charge in [-0.15, -0.1) is 23.1 Å². The molecule has 36 heavy (non-hydrogen) atoms. The number of thioether (sulfide) groups is 1. The molecule has 1 fully saturated rings. The van der Waals surface area contributed by atoms with Crippen molar-refractivity contribution >= 4 is 47.9 Å². The molecule has 9 heteroatoms. The zero-order valence-corrected chi connectivity index (χ0v) is 22.1. The predicted octanol–water partition coefficient (Wildman–Crippen LogP) is 3.31. The summed E-state index contributed by atoms with van der Waals surface area (Å²) >= 11 is 3.19. The van der Waals surface area contributed by atoms with Crippen LogP contribution in [0.2, 0.25) is 0 Å². The number of nitrogens with zero attached hydrogens (tertiary/aromatic N) is 1. The maximum atomic E-state index is 13.5. The topological polar surface area (TPSA) is 78.9 Å². The number of thiophene rings is 1. The van der Waals surface area contributed by atoms with Crippen molar-refractivity contribution in [2.45, 2.75) is 35.9 Å². The summed E-state index contributed by atoms with van der Waals surface area (Å²) in [5.41, 5.74) is 5.10. The summed E-state index contributed by atoms with van der Waals surface area (Å²) in [6.45, 7) is 4.02. The van der Waals surface area contributed by atoms with Crippen LogP contribution in [-0.2, 0) is 16.8 Å². The minimum absolute atomic E-state index is 0.00449. The van der Waals surface area contributed by atoms with Gasteiger partial charge in [0.25, 0.3) is 5.91 Å². The van der Waals surface area contributed by atoms with Crippen LogP contribution in [0, 0.1) is 0 Å². The molecule has 0 saturated carbocycles. The molecule has 0 aliphatic carbocycles. The van der Waals surface area contributed by atoms with Gasteiger partial charge in [-0.2, -0.15) is 0 Å². The highest BCUT2D eigenvalue weighted by Crippen LogP contribution is 2.46. The van der Waals surface area contributed by atoms with Gasteiger partial charge in [-0.05, 0) is 48.4 Å². The number of piperidine rings is 1. The number of carbonyl (C=O) groups excluding carboxylic acids is 2. The van der Waals surface area contributed by atoms with Crippen molar-refractivity contribution in [2.24, 2.45) is 0 Å². The van der Waals surface area contributed by atoms with E-state index in [1.807, 2.05) is 53.6 Å². The largest absolute Gasteiger partial charge is 0.492 e. The minimum atomic E-state index is -0.0892. The highest BCUT2D eigenvalue weighted by molar-refractivity contribution is 8.00. The fourth-order valence-corrected chi connectivity index (χ4v) is 7.00. The van der Waals surface area contributed by atoms with Crippen molar-refractivity contribution < 1.29 is 19.3 Å². The smallest absolute Gasteiger partial charge is 0.304 e. The van der Waals surface area contributed by atoms with E-state index in [9.17, 15) is 14.6 Å². The van der Waals surface area contributed by atoms with Crippen molar-refractivity contribution in [1.29, 1.82) is 0 Å². The van der Waals surface area contributed by atoms with Crippen LogP contribution in [0.3, 0.4) is 0 Å². The SMILES string of the molecule is CSc1sc(C(=O)N2CCC3(CC2)COc2ccc(CNC(C)=O)cc23)cc1-c1cccc(BO)c1. The Hall–Kier alpha value is -2.75. The van der Waals surface area contributed by atoms with Gasteiger partial charge in [0, 0.05) is 43.1 Å². The number of fused-ring (bicyclic) bond motifs is 2. The second-order valence-electron chi connectivity index (χ2n) is 9.48. The van der Waals surface area contributed by atoms with E-state index in [1.165, 1.54) is 12.5 Å². The molecule has 3 heterocycles. The molecule has 2 amide bonds. The number of carbonyl (C=O) groups is 2. The summed E-state index contributed by atoms with van der Waals surface area (Å²) in [7, 11) is -0.00449. The highest BCUT2D eigenvalue weighted by Gasteiger charge is 2.44. The molecule has 2 aliphatic heterocycles. The lowest BCUT2D eigenvalue weighted by Gasteiger charge is -2.38. The number of hydrogen-bond donors (Lipinski definition) is 2. The monoisotopic (exact) mass is 520 g/mol. The van der Waals surface area contributed by atoms with Crippen LogP contribution in [0.4, 0.5) is 0 Å². The summed E-state index contributed by atoms with van der Waals surface area (Å²) in [5.74, 6) is 0.947. The normalized spacial score (nSPS) is 15.9. The van der Waals surface area contributed by atoms with Crippen molar-refractivity contribution in [2.75, 3.05) is 26.0 Å². The van der Waals surface area contributed by atoms with Crippen LogP contribution < -0.4 is 15.5 Å². The lowest BCUT2D eigenvalue weighted by Crippen LogP contribution is -2.45. The standard InChI is InChI=1S/C27H29BN2O4S2/c1-17(31)29-15-18-6-7-23-22(12-18)27(16-34-23)8-10-30(11-9-27)25(32)24-14-21(26(35-2)36-24)19-4-3-5-20(13-19)28-33/h3-7,12-14,28,33H,8-11,15-16H2,1-2H3,(H,29,31). The van der Waals surface area contributed by atoms with Gasteiger partial charge in [0.1, 0.15) is 5.75 Å². The van der Waals surface area contributed by atoms with E-state index in [0.29, 0.717) is 26.2 Å². The molecule has 1 aromatic heterocycles. The van der Waals surface area contributed by atoms with Crippen molar-refractivity contribution in [3.05, 3.63) is 64.5 Å². The predicted molar refractivity (Wildman–Crippen MR) is 147 cm³/mol. The lowest BCUT2D eigenvalue weighted by molar-refractivity contribution is -0.119. The summed E-state index contributed by atoms with van der Waals surface area (Å²) in [4.78, 5) is 27.6. The number of amides is 2. The maximum absolute atomic E-state index is 13.5. The van der Waals surface area contributed by atoms with E-state index in [0.717, 1.165) is 49.8 Å². The first-order valence-corrected chi connectivity index (χ1v) is 14.1. The average Bonchev–Trinajstić information content (AvgIpc) is 3.49. The highest BCUT2D eigenvalue weighted by atomic mass is 32.2. The van der Waals surface area contributed by atoms with Crippen LogP contribution in [0.25, 0.3) is 11.1 Å². The van der Waals surface area contributed by atoms with E-state index in [2.05, 4.69) is 11.4 Å². The van der Waals surface area contributed by atoms with Gasteiger partial charge < -0.3 is 20.0 Å². The molecule has 0 bridgehead atoms. The van der Waals surface area contributed by atoms with Crippen molar-refractivity contribution in [3.8, 4) is 16.9 Å². The van der Waals surface area contributed by atoms with Gasteiger partial charge in [0.05, 0.1) is 15.7 Å². The van der Waals surface area contributed by atoms with E-state index in [4.69, 9.17) is 4.74 Å². The number of nitrogens with one attached hydrogen (secondary N) is 1. The summed E-state index contributed by atoms with van der Waals surface area (Å²) < 4.78 is 7.15. The maximum Gasteiger partial charge on any atom is 0.304 e. The second kappa shape index (κ2) is 10.3. The molecule has 2 N–H and O–H groups in total. The number of ether oxygens (including phenoxy) is 1. The molecule has 2 aliphatic rings. The Kier molecular flexibility index (Phi) is 7.15.